The van der Waals surface area contributed by atoms with E-state index in [0.717, 1.165) is 0 Å². The molecule has 2 rings (SSSR count). The first-order valence-electron chi connectivity index (χ1n) is 4.91. The van der Waals surface area contributed by atoms with Gasteiger partial charge >= 0.3 is 0 Å². The normalized spacial score (nSPS) is 10.5. The van der Waals surface area contributed by atoms with Gasteiger partial charge in [0.1, 0.15) is 18.2 Å². The fraction of sp³-hybridized carbons (Fsp3) is 0.182. The Morgan fingerprint density at radius 3 is 2.82 bits per heavy atom. The number of hydrogen-bond donors (Lipinski definition) is 1. The number of ether oxygens (including phenoxy) is 1. The minimum Gasteiger partial charge on any atom is -0.485 e. The highest BCUT2D eigenvalue weighted by Gasteiger charge is 2.05. The van der Waals surface area contributed by atoms with Crippen LogP contribution in [-0.2, 0) is 13.2 Å². The van der Waals surface area contributed by atoms with Crippen LogP contribution in [0.4, 0.5) is 4.39 Å². The molecule has 1 heterocycles. The molecule has 17 heavy (non-hydrogen) atoms. The van der Waals surface area contributed by atoms with E-state index in [-0.39, 0.29) is 12.4 Å². The quantitative estimate of drug-likeness (QED) is 0.943. The van der Waals surface area contributed by atoms with Gasteiger partial charge in [-0.2, -0.15) is 0 Å². The molecule has 1 aromatic heterocycles. The maximum atomic E-state index is 13.1. The Kier molecular flexibility index (Phi) is 3.75. The molecule has 0 aliphatic heterocycles. The SMILES string of the molecule is NCc1cc(COc2cc(F)cc(Br)c2)on1. The van der Waals surface area contributed by atoms with Gasteiger partial charge in [-0.15, -0.1) is 0 Å². The highest BCUT2D eigenvalue weighted by atomic mass is 79.9. The summed E-state index contributed by atoms with van der Waals surface area (Å²) in [5.41, 5.74) is 6.05. The third kappa shape index (κ3) is 3.28. The summed E-state index contributed by atoms with van der Waals surface area (Å²) < 4.78 is 24.0. The molecule has 0 aliphatic carbocycles. The maximum Gasteiger partial charge on any atom is 0.174 e. The van der Waals surface area contributed by atoms with Gasteiger partial charge in [-0.05, 0) is 12.1 Å². The van der Waals surface area contributed by atoms with E-state index in [1.807, 2.05) is 0 Å². The van der Waals surface area contributed by atoms with Crippen LogP contribution in [0.3, 0.4) is 0 Å². The lowest BCUT2D eigenvalue weighted by molar-refractivity contribution is 0.247. The Morgan fingerprint density at radius 1 is 1.35 bits per heavy atom. The zero-order chi connectivity index (χ0) is 12.3. The summed E-state index contributed by atoms with van der Waals surface area (Å²) in [5.74, 6) is 0.600. The van der Waals surface area contributed by atoms with Gasteiger partial charge < -0.3 is 15.0 Å². The van der Waals surface area contributed by atoms with E-state index in [2.05, 4.69) is 21.1 Å². The zero-order valence-electron chi connectivity index (χ0n) is 8.82. The maximum absolute atomic E-state index is 13.1. The van der Waals surface area contributed by atoms with Crippen molar-refractivity contribution in [2.24, 2.45) is 5.73 Å². The van der Waals surface area contributed by atoms with E-state index < -0.39 is 0 Å². The van der Waals surface area contributed by atoms with E-state index in [9.17, 15) is 4.39 Å². The highest BCUT2D eigenvalue weighted by Crippen LogP contribution is 2.21. The predicted octanol–water partition coefficient (Wildman–Crippen LogP) is 2.61. The number of benzene rings is 1. The fourth-order valence-electron chi connectivity index (χ4n) is 1.29. The molecule has 0 radical (unpaired) electrons. The number of rotatable bonds is 4. The van der Waals surface area contributed by atoms with E-state index in [4.69, 9.17) is 15.0 Å². The number of nitrogens with two attached hydrogens (primary N) is 1. The molecule has 0 saturated carbocycles. The Labute approximate surface area is 106 Å². The van der Waals surface area contributed by atoms with Gasteiger partial charge in [-0.25, -0.2) is 4.39 Å². The van der Waals surface area contributed by atoms with Gasteiger partial charge in [-0.1, -0.05) is 21.1 Å². The minimum absolute atomic E-state index is 0.183. The molecule has 0 atom stereocenters. The first-order valence-corrected chi connectivity index (χ1v) is 5.70. The molecule has 0 saturated heterocycles. The van der Waals surface area contributed by atoms with Crippen LogP contribution in [0.5, 0.6) is 5.75 Å². The molecule has 0 bridgehead atoms. The largest absolute Gasteiger partial charge is 0.485 e. The van der Waals surface area contributed by atoms with Crippen LogP contribution in [0.15, 0.2) is 33.3 Å². The second-order valence-electron chi connectivity index (χ2n) is 3.38. The molecule has 1 aromatic carbocycles. The predicted molar refractivity (Wildman–Crippen MR) is 62.8 cm³/mol. The molecule has 6 heteroatoms. The van der Waals surface area contributed by atoms with Crippen molar-refractivity contribution in [1.82, 2.24) is 5.16 Å². The van der Waals surface area contributed by atoms with E-state index >= 15 is 0 Å². The van der Waals surface area contributed by atoms with Gasteiger partial charge in [0.2, 0.25) is 0 Å². The van der Waals surface area contributed by atoms with Crippen LogP contribution < -0.4 is 10.5 Å². The standard InChI is InChI=1S/C11H10BrFN2O2/c12-7-1-8(13)3-10(2-7)16-6-11-4-9(5-14)15-17-11/h1-4H,5-6,14H2. The van der Waals surface area contributed by atoms with E-state index in [1.165, 1.54) is 12.1 Å². The number of aromatic nitrogens is 1. The van der Waals surface area contributed by atoms with Gasteiger partial charge in [-0.3, -0.25) is 0 Å². The van der Waals surface area contributed by atoms with Crippen molar-refractivity contribution >= 4 is 15.9 Å². The molecule has 0 aliphatic rings. The smallest absolute Gasteiger partial charge is 0.174 e. The molecule has 0 amide bonds. The minimum atomic E-state index is -0.366. The van der Waals surface area contributed by atoms with Crippen LogP contribution >= 0.6 is 15.9 Å². The van der Waals surface area contributed by atoms with Crippen LogP contribution in [0.1, 0.15) is 11.5 Å². The molecule has 2 N–H and O–H groups in total. The summed E-state index contributed by atoms with van der Waals surface area (Å²) in [6.45, 7) is 0.498. The summed E-state index contributed by atoms with van der Waals surface area (Å²) in [6.07, 6.45) is 0. The van der Waals surface area contributed by atoms with Gasteiger partial charge in [0.05, 0.1) is 5.69 Å². The Bertz CT molecular complexity index is 496. The van der Waals surface area contributed by atoms with Gasteiger partial charge in [0, 0.05) is 23.2 Å². The summed E-state index contributed by atoms with van der Waals surface area (Å²) in [7, 11) is 0. The summed E-state index contributed by atoms with van der Waals surface area (Å²) in [6, 6.07) is 6.02. The molecule has 2 aromatic rings. The first kappa shape index (κ1) is 12.1. The fourth-order valence-corrected chi connectivity index (χ4v) is 1.73. The third-order valence-electron chi connectivity index (χ3n) is 2.03. The van der Waals surface area contributed by atoms with Crippen LogP contribution in [0.2, 0.25) is 0 Å². The van der Waals surface area contributed by atoms with Crippen molar-refractivity contribution in [3.63, 3.8) is 0 Å². The van der Waals surface area contributed by atoms with Gasteiger partial charge in [0.25, 0.3) is 0 Å². The van der Waals surface area contributed by atoms with Crippen molar-refractivity contribution < 1.29 is 13.7 Å². The summed E-state index contributed by atoms with van der Waals surface area (Å²) in [4.78, 5) is 0. The van der Waals surface area contributed by atoms with Gasteiger partial charge in [0.15, 0.2) is 5.76 Å². The molecule has 90 valence electrons. The average Bonchev–Trinajstić information content (AvgIpc) is 2.73. The highest BCUT2D eigenvalue weighted by molar-refractivity contribution is 9.10. The molecular formula is C11H10BrFN2O2. The number of nitrogens with zero attached hydrogens (tertiary/aromatic N) is 1. The third-order valence-corrected chi connectivity index (χ3v) is 2.49. The van der Waals surface area contributed by atoms with Crippen molar-refractivity contribution in [2.45, 2.75) is 13.2 Å². The summed E-state index contributed by atoms with van der Waals surface area (Å²) >= 11 is 3.18. The lowest BCUT2D eigenvalue weighted by atomic mass is 10.3. The molecule has 0 fully saturated rings. The van der Waals surface area contributed by atoms with Crippen LogP contribution in [0, 0.1) is 5.82 Å². The first-order chi connectivity index (χ1) is 8.17. The number of hydrogen-bond acceptors (Lipinski definition) is 4. The molecular weight excluding hydrogens is 291 g/mol. The second kappa shape index (κ2) is 5.29. The topological polar surface area (TPSA) is 61.3 Å². The Morgan fingerprint density at radius 2 is 2.18 bits per heavy atom. The lowest BCUT2D eigenvalue weighted by Gasteiger charge is -2.04. The van der Waals surface area contributed by atoms with Crippen molar-refractivity contribution in [3.05, 3.63) is 46.0 Å². The summed E-state index contributed by atoms with van der Waals surface area (Å²) in [5, 5.41) is 3.72. The zero-order valence-corrected chi connectivity index (χ0v) is 10.4. The van der Waals surface area contributed by atoms with Crippen LogP contribution in [-0.4, -0.2) is 5.16 Å². The average molecular weight is 301 g/mol. The second-order valence-corrected chi connectivity index (χ2v) is 4.30. The van der Waals surface area contributed by atoms with Crippen molar-refractivity contribution in [1.29, 1.82) is 0 Å². The van der Waals surface area contributed by atoms with E-state index in [0.29, 0.717) is 28.2 Å². The molecule has 0 spiro atoms. The van der Waals surface area contributed by atoms with Crippen LogP contribution in [0.25, 0.3) is 0 Å². The molecule has 0 unspecified atom stereocenters. The Hall–Kier alpha value is -1.40. The molecule has 4 nitrogen and oxygen atoms in total. The Balaban J connectivity index is 2.01. The van der Waals surface area contributed by atoms with Crippen molar-refractivity contribution in [3.8, 4) is 5.75 Å². The van der Waals surface area contributed by atoms with Crippen molar-refractivity contribution in [2.75, 3.05) is 0 Å². The monoisotopic (exact) mass is 300 g/mol. The van der Waals surface area contributed by atoms with E-state index in [1.54, 1.807) is 12.1 Å². The lowest BCUT2D eigenvalue weighted by Crippen LogP contribution is -1.96. The number of halogens is 2.